The van der Waals surface area contributed by atoms with Gasteiger partial charge in [-0.15, -0.1) is 0 Å². The molecule has 0 N–H and O–H groups in total. The van der Waals surface area contributed by atoms with Crippen molar-refractivity contribution in [1.29, 1.82) is 10.5 Å². The summed E-state index contributed by atoms with van der Waals surface area (Å²) in [7, 11) is 0. The second-order valence-corrected chi connectivity index (χ2v) is 4.10. The van der Waals surface area contributed by atoms with E-state index in [1.807, 2.05) is 18.2 Å². The van der Waals surface area contributed by atoms with Crippen LogP contribution in [-0.4, -0.2) is 5.78 Å². The Hall–Kier alpha value is -3.17. The van der Waals surface area contributed by atoms with E-state index in [4.69, 9.17) is 10.5 Å². The zero-order valence-electron chi connectivity index (χ0n) is 10.6. The molecule has 94 valence electrons. The smallest absolute Gasteiger partial charge is 0.203 e. The van der Waals surface area contributed by atoms with Crippen LogP contribution in [0.2, 0.25) is 0 Å². The van der Waals surface area contributed by atoms with Gasteiger partial charge in [0.25, 0.3) is 0 Å². The molecule has 0 spiro atoms. The Labute approximate surface area is 117 Å². The molecule has 0 aromatic heterocycles. The lowest BCUT2D eigenvalue weighted by Crippen LogP contribution is -2.01. The van der Waals surface area contributed by atoms with E-state index < -0.39 is 0 Å². The average molecular weight is 258 g/mol. The second kappa shape index (κ2) is 6.13. The predicted molar refractivity (Wildman–Crippen MR) is 75.5 cm³/mol. The molecule has 0 atom stereocenters. The first kappa shape index (κ1) is 13.3. The summed E-state index contributed by atoms with van der Waals surface area (Å²) < 4.78 is 0. The lowest BCUT2D eigenvalue weighted by molar-refractivity contribution is 0.104. The van der Waals surface area contributed by atoms with Crippen LogP contribution in [0.1, 0.15) is 21.5 Å². The largest absolute Gasteiger partial charge is 0.288 e. The number of ketones is 1. The molecule has 0 aliphatic carbocycles. The first-order chi connectivity index (χ1) is 9.74. The number of benzene rings is 2. The van der Waals surface area contributed by atoms with E-state index in [1.54, 1.807) is 48.5 Å². The Bertz CT molecular complexity index is 747. The third-order valence-corrected chi connectivity index (χ3v) is 2.73. The van der Waals surface area contributed by atoms with Crippen molar-refractivity contribution in [3.63, 3.8) is 0 Å². The van der Waals surface area contributed by atoms with Gasteiger partial charge in [0.2, 0.25) is 5.78 Å². The number of nitrogens with zero attached hydrogens (tertiary/aromatic N) is 2. The van der Waals surface area contributed by atoms with Gasteiger partial charge in [-0.1, -0.05) is 42.5 Å². The van der Waals surface area contributed by atoms with Gasteiger partial charge in [-0.2, -0.15) is 10.5 Å². The maximum atomic E-state index is 12.2. The fraction of sp³-hybridized carbons (Fsp3) is 0. The van der Waals surface area contributed by atoms with Crippen LogP contribution in [-0.2, 0) is 0 Å². The number of Topliss-reactive ketones (excluding diaryl/α,β-unsaturated/α-hetero) is 1. The normalized spacial score (nSPS) is 10.4. The van der Waals surface area contributed by atoms with Crippen LogP contribution < -0.4 is 0 Å². The predicted octanol–water partition coefficient (Wildman–Crippen LogP) is 3.35. The molecule has 2 aromatic carbocycles. The maximum absolute atomic E-state index is 12.2. The third kappa shape index (κ3) is 2.98. The summed E-state index contributed by atoms with van der Waals surface area (Å²) in [5.74, 6) is -0.324. The van der Waals surface area contributed by atoms with Gasteiger partial charge in [-0.05, 0) is 23.8 Å². The van der Waals surface area contributed by atoms with Crippen LogP contribution in [0.3, 0.4) is 0 Å². The number of carbonyl (C=O) groups excluding carboxylic acids is 1. The van der Waals surface area contributed by atoms with Crippen LogP contribution in [0.5, 0.6) is 0 Å². The third-order valence-electron chi connectivity index (χ3n) is 2.73. The molecule has 0 heterocycles. The Morgan fingerprint density at radius 1 is 1.00 bits per heavy atom. The van der Waals surface area contributed by atoms with Crippen molar-refractivity contribution >= 4 is 11.9 Å². The van der Waals surface area contributed by atoms with Gasteiger partial charge < -0.3 is 0 Å². The second-order valence-electron chi connectivity index (χ2n) is 4.10. The Morgan fingerprint density at radius 3 is 2.40 bits per heavy atom. The number of hydrogen-bond donors (Lipinski definition) is 0. The molecule has 20 heavy (non-hydrogen) atoms. The lowest BCUT2D eigenvalue weighted by Gasteiger charge is -2.00. The molecule has 2 aromatic rings. The van der Waals surface area contributed by atoms with Gasteiger partial charge in [-0.3, -0.25) is 4.79 Å². The molecule has 0 aliphatic heterocycles. The Morgan fingerprint density at radius 2 is 1.75 bits per heavy atom. The van der Waals surface area contributed by atoms with Gasteiger partial charge in [0, 0.05) is 5.56 Å². The summed E-state index contributed by atoms with van der Waals surface area (Å²) in [6, 6.07) is 19.3. The van der Waals surface area contributed by atoms with Crippen molar-refractivity contribution in [3.8, 4) is 12.1 Å². The lowest BCUT2D eigenvalue weighted by atomic mass is 10.0. The quantitative estimate of drug-likeness (QED) is 0.481. The highest BCUT2D eigenvalue weighted by Crippen LogP contribution is 2.13. The van der Waals surface area contributed by atoms with Gasteiger partial charge >= 0.3 is 0 Å². The van der Waals surface area contributed by atoms with Crippen molar-refractivity contribution in [3.05, 3.63) is 76.9 Å². The van der Waals surface area contributed by atoms with Crippen LogP contribution in [0.4, 0.5) is 0 Å². The van der Waals surface area contributed by atoms with Crippen molar-refractivity contribution < 1.29 is 4.79 Å². The Kier molecular flexibility index (Phi) is 4.07. The molecule has 3 heteroatoms. The van der Waals surface area contributed by atoms with Crippen molar-refractivity contribution in [2.45, 2.75) is 0 Å². The number of rotatable bonds is 3. The summed E-state index contributed by atoms with van der Waals surface area (Å²) >= 11 is 0. The van der Waals surface area contributed by atoms with Crippen LogP contribution in [0, 0.1) is 22.7 Å². The van der Waals surface area contributed by atoms with Crippen LogP contribution >= 0.6 is 0 Å². The highest BCUT2D eigenvalue weighted by atomic mass is 16.1. The molecule has 0 saturated heterocycles. The standard InChI is InChI=1S/C17H10N2O/c18-11-14-6-4-5-13(9-14)10-16(12-19)17(20)15-7-2-1-3-8-15/h1-10H/b16-10-. The molecule has 2 rings (SSSR count). The molecular weight excluding hydrogens is 248 g/mol. The molecule has 0 amide bonds. The minimum absolute atomic E-state index is 0.0475. The molecular formula is C17H10N2O. The summed E-state index contributed by atoms with van der Waals surface area (Å²) in [6.07, 6.45) is 1.50. The van der Waals surface area contributed by atoms with E-state index in [0.717, 1.165) is 0 Å². The van der Waals surface area contributed by atoms with E-state index in [-0.39, 0.29) is 11.4 Å². The van der Waals surface area contributed by atoms with E-state index in [0.29, 0.717) is 16.7 Å². The van der Waals surface area contributed by atoms with Crippen LogP contribution in [0.25, 0.3) is 6.08 Å². The zero-order chi connectivity index (χ0) is 14.4. The average Bonchev–Trinajstić information content (AvgIpc) is 2.53. The highest BCUT2D eigenvalue weighted by Gasteiger charge is 2.11. The molecule has 0 unspecified atom stereocenters. The monoisotopic (exact) mass is 258 g/mol. The first-order valence-corrected chi connectivity index (χ1v) is 5.96. The first-order valence-electron chi connectivity index (χ1n) is 5.96. The maximum Gasteiger partial charge on any atom is 0.203 e. The highest BCUT2D eigenvalue weighted by molar-refractivity contribution is 6.14. The van der Waals surface area contributed by atoms with Gasteiger partial charge in [0.05, 0.1) is 11.6 Å². The van der Waals surface area contributed by atoms with E-state index >= 15 is 0 Å². The van der Waals surface area contributed by atoms with Crippen molar-refractivity contribution in [1.82, 2.24) is 0 Å². The molecule has 0 fully saturated rings. The molecule has 0 saturated carbocycles. The fourth-order valence-electron chi connectivity index (χ4n) is 1.76. The topological polar surface area (TPSA) is 64.7 Å². The van der Waals surface area contributed by atoms with Crippen molar-refractivity contribution in [2.75, 3.05) is 0 Å². The van der Waals surface area contributed by atoms with Gasteiger partial charge in [0.1, 0.15) is 11.6 Å². The minimum atomic E-state index is -0.324. The van der Waals surface area contributed by atoms with E-state index in [2.05, 4.69) is 0 Å². The molecule has 0 aliphatic rings. The summed E-state index contributed by atoms with van der Waals surface area (Å²) in [5, 5.41) is 18.0. The number of allylic oxidation sites excluding steroid dienone is 1. The fourth-order valence-corrected chi connectivity index (χ4v) is 1.76. The molecule has 0 bridgehead atoms. The Balaban J connectivity index is 2.38. The minimum Gasteiger partial charge on any atom is -0.288 e. The van der Waals surface area contributed by atoms with Crippen molar-refractivity contribution in [2.24, 2.45) is 0 Å². The summed E-state index contributed by atoms with van der Waals surface area (Å²) in [5.41, 5.74) is 1.66. The zero-order valence-corrected chi connectivity index (χ0v) is 10.6. The number of carbonyl (C=O) groups is 1. The summed E-state index contributed by atoms with van der Waals surface area (Å²) in [4.78, 5) is 12.2. The van der Waals surface area contributed by atoms with Gasteiger partial charge in [0.15, 0.2) is 0 Å². The number of hydrogen-bond acceptors (Lipinski definition) is 3. The SMILES string of the molecule is N#C/C(=C/c1cccc(C#N)c1)C(=O)c1ccccc1. The summed E-state index contributed by atoms with van der Waals surface area (Å²) in [6.45, 7) is 0. The van der Waals surface area contributed by atoms with E-state index in [9.17, 15) is 4.79 Å². The van der Waals surface area contributed by atoms with Crippen LogP contribution in [0.15, 0.2) is 60.2 Å². The molecule has 0 radical (unpaired) electrons. The van der Waals surface area contributed by atoms with Gasteiger partial charge in [-0.25, -0.2) is 0 Å². The van der Waals surface area contributed by atoms with E-state index in [1.165, 1.54) is 6.08 Å². The molecule has 3 nitrogen and oxygen atoms in total. The number of nitriles is 2.